The van der Waals surface area contributed by atoms with Crippen LogP contribution in [0.25, 0.3) is 0 Å². The summed E-state index contributed by atoms with van der Waals surface area (Å²) in [5.41, 5.74) is 2.45. The molecule has 1 spiro atoms. The molecule has 0 unspecified atom stereocenters. The fraction of sp³-hybridized carbons (Fsp3) is 0.846. The number of aliphatic hydroxyl groups excluding tert-OH is 7. The summed E-state index contributed by atoms with van der Waals surface area (Å²) in [6.45, 7) is 13.6. The van der Waals surface area contributed by atoms with Gasteiger partial charge in [-0.2, -0.15) is 0 Å². The lowest BCUT2D eigenvalue weighted by Crippen LogP contribution is -2.66. The van der Waals surface area contributed by atoms with Crippen molar-refractivity contribution in [3.63, 3.8) is 0 Å². The lowest BCUT2D eigenvalue weighted by molar-refractivity contribution is -0.389. The van der Waals surface area contributed by atoms with E-state index in [2.05, 4.69) is 33.8 Å². The molecule has 16 heteroatoms. The average molecular weight is 959 g/mol. The molecule has 9 aliphatic rings. The second-order valence-electron chi connectivity index (χ2n) is 22.9. The second-order valence-corrected chi connectivity index (χ2v) is 22.9. The summed E-state index contributed by atoms with van der Waals surface area (Å²) in [6.07, 6.45) is -9.77. The van der Waals surface area contributed by atoms with Gasteiger partial charge in [-0.15, -0.1) is 0 Å². The molecular weight excluding hydrogens is 881 g/mol. The zero-order chi connectivity index (χ0) is 48.0. The summed E-state index contributed by atoms with van der Waals surface area (Å²) in [7, 11) is 0. The molecule has 10 rings (SSSR count). The maximum Gasteiger partial charge on any atom is 0.187 e. The minimum absolute atomic E-state index is 0.0169. The van der Waals surface area contributed by atoms with Crippen LogP contribution in [0, 0.1) is 46.3 Å². The van der Waals surface area contributed by atoms with E-state index in [-0.39, 0.29) is 36.3 Å². The number of rotatable bonds is 10. The highest BCUT2D eigenvalue weighted by Gasteiger charge is 2.69. The van der Waals surface area contributed by atoms with Crippen molar-refractivity contribution in [2.24, 2.45) is 46.3 Å². The van der Waals surface area contributed by atoms with Crippen LogP contribution in [0.1, 0.15) is 105 Å². The molecule has 5 aliphatic heterocycles. The molecule has 4 aliphatic carbocycles. The van der Waals surface area contributed by atoms with E-state index >= 15 is 0 Å². The van der Waals surface area contributed by atoms with Crippen molar-refractivity contribution >= 4 is 0 Å². The number of fused-ring (bicyclic) bond motifs is 7. The highest BCUT2D eigenvalue weighted by Crippen LogP contribution is 2.70. The van der Waals surface area contributed by atoms with Gasteiger partial charge in [0.15, 0.2) is 24.7 Å². The molecule has 0 bridgehead atoms. The summed E-state index contributed by atoms with van der Waals surface area (Å²) in [5, 5.41) is 77.0. The van der Waals surface area contributed by atoms with E-state index in [0.29, 0.717) is 48.3 Å². The van der Waals surface area contributed by atoms with E-state index in [1.54, 1.807) is 0 Å². The van der Waals surface area contributed by atoms with Gasteiger partial charge in [0.25, 0.3) is 0 Å². The Labute approximate surface area is 400 Å². The topological polar surface area (TPSA) is 225 Å². The molecule has 0 radical (unpaired) electrons. The highest BCUT2D eigenvalue weighted by atomic mass is 16.8. The van der Waals surface area contributed by atoms with Gasteiger partial charge < -0.3 is 78.4 Å². The van der Waals surface area contributed by atoms with Crippen molar-refractivity contribution < 1.29 is 78.4 Å². The summed E-state index contributed by atoms with van der Waals surface area (Å²) < 4.78 is 57.8. The summed E-state index contributed by atoms with van der Waals surface area (Å²) in [6, 6.07) is 9.54. The van der Waals surface area contributed by atoms with Crippen LogP contribution < -0.4 is 0 Å². The number of allylic oxidation sites excluding steroid dienone is 1. The standard InChI is InChI=1S/C52H78O16/c1-25-14-19-52(61-22-25)26(2)37-35(68-52)21-34-32-13-12-30-20-31(15-17-50(30,5)33(32)16-18-51(34,37)6)64-49-46(67-48-43(58)41(56)39(54)28(4)63-48)44(59)45(66-47-42(57)40(55)38(53)27(3)62-47)36(65-49)24-60-23-29-10-8-7-9-11-29/h7-12,25-28,31-49,53-59H,13-24H2,1-6H3/t25-,26+,27+,28+,31+,32-,33+,34+,35+,36-,37+,38+,39+,40-,41-,42-,43-,44+,45-,46-,47+,48+,49-,50+,51+,52-/m1/s1. The molecule has 5 heterocycles. The SMILES string of the molecule is C[C@@H]1CC[C@@]2(OC1)O[C@H]1C[C@H]3[C@@H]4CC=C5C[C@@H](O[C@@H]6O[C@H](COCc7ccccc7)[C@@H](O[C@@H]7O[C@@H](C)[C@H](O)[C@@H](O)[C@H]7O)[C@H](O)[C@H]6O[C@@H]6O[C@@H](C)[C@H](O)[C@@H](O)[C@H]6O)CC[C@]5(C)[C@H]4CC[C@]3(C)[C@H]1[C@@H]2C. The number of benzene rings is 1. The lowest BCUT2D eigenvalue weighted by Gasteiger charge is -2.59. The highest BCUT2D eigenvalue weighted by molar-refractivity contribution is 5.26. The fourth-order valence-electron chi connectivity index (χ4n) is 14.8. The molecule has 16 nitrogen and oxygen atoms in total. The monoisotopic (exact) mass is 959 g/mol. The zero-order valence-corrected chi connectivity index (χ0v) is 40.5. The first-order valence-electron chi connectivity index (χ1n) is 25.7. The van der Waals surface area contributed by atoms with Gasteiger partial charge in [0.2, 0.25) is 0 Å². The second kappa shape index (κ2) is 19.3. The number of hydrogen-bond donors (Lipinski definition) is 7. The smallest absolute Gasteiger partial charge is 0.187 e. The van der Waals surface area contributed by atoms with Gasteiger partial charge in [-0.05, 0) is 111 Å². The van der Waals surface area contributed by atoms with Gasteiger partial charge in [-0.25, -0.2) is 0 Å². The summed E-state index contributed by atoms with van der Waals surface area (Å²) in [4.78, 5) is 0. The van der Waals surface area contributed by atoms with Crippen LogP contribution in [-0.2, 0) is 49.2 Å². The van der Waals surface area contributed by atoms with Crippen LogP contribution in [0.4, 0.5) is 0 Å². The first kappa shape index (κ1) is 49.9. The quantitative estimate of drug-likeness (QED) is 0.167. The van der Waals surface area contributed by atoms with E-state index in [1.807, 2.05) is 30.3 Å². The van der Waals surface area contributed by atoms with Crippen LogP contribution in [0.5, 0.6) is 0 Å². The third-order valence-corrected chi connectivity index (χ3v) is 18.9. The molecule has 68 heavy (non-hydrogen) atoms. The fourth-order valence-corrected chi connectivity index (χ4v) is 14.8. The third-order valence-electron chi connectivity index (χ3n) is 18.9. The maximum absolute atomic E-state index is 12.4. The molecule has 7 N–H and O–H groups in total. The molecule has 5 saturated heterocycles. The first-order chi connectivity index (χ1) is 32.4. The Morgan fingerprint density at radius 3 is 2.01 bits per heavy atom. The van der Waals surface area contributed by atoms with Gasteiger partial charge in [-0.1, -0.05) is 69.7 Å². The molecular formula is C52H78O16. The molecule has 0 amide bonds. The van der Waals surface area contributed by atoms with E-state index in [4.69, 9.17) is 42.6 Å². The number of ether oxygens (including phenoxy) is 9. The van der Waals surface area contributed by atoms with Crippen LogP contribution in [0.3, 0.4) is 0 Å². The lowest BCUT2D eigenvalue weighted by atomic mass is 9.47. The number of aliphatic hydroxyl groups is 7. The Morgan fingerprint density at radius 1 is 0.676 bits per heavy atom. The normalized spacial score (nSPS) is 53.5. The number of hydrogen-bond acceptors (Lipinski definition) is 16. The van der Waals surface area contributed by atoms with E-state index in [0.717, 1.165) is 50.7 Å². The predicted molar refractivity (Wildman–Crippen MR) is 242 cm³/mol. The molecule has 1 aromatic carbocycles. The summed E-state index contributed by atoms with van der Waals surface area (Å²) in [5.74, 6) is 2.64. The third kappa shape index (κ3) is 8.68. The van der Waals surface area contributed by atoms with Crippen molar-refractivity contribution in [3.8, 4) is 0 Å². The molecule has 382 valence electrons. The summed E-state index contributed by atoms with van der Waals surface area (Å²) >= 11 is 0. The molecule has 3 saturated carbocycles. The van der Waals surface area contributed by atoms with Crippen molar-refractivity contribution in [3.05, 3.63) is 47.5 Å². The Morgan fingerprint density at radius 2 is 1.35 bits per heavy atom. The van der Waals surface area contributed by atoms with E-state index in [9.17, 15) is 35.7 Å². The van der Waals surface area contributed by atoms with Crippen LogP contribution in [0.15, 0.2) is 42.0 Å². The van der Waals surface area contributed by atoms with Crippen LogP contribution in [-0.4, -0.2) is 159 Å². The largest absolute Gasteiger partial charge is 0.388 e. The maximum atomic E-state index is 12.4. The predicted octanol–water partition coefficient (Wildman–Crippen LogP) is 3.47. The zero-order valence-electron chi connectivity index (χ0n) is 40.5. The van der Waals surface area contributed by atoms with Gasteiger partial charge in [0.05, 0.1) is 44.2 Å². The molecule has 8 fully saturated rings. The van der Waals surface area contributed by atoms with Gasteiger partial charge in [-0.3, -0.25) is 0 Å². The van der Waals surface area contributed by atoms with Crippen molar-refractivity contribution in [1.82, 2.24) is 0 Å². The Bertz CT molecular complexity index is 1920. The minimum Gasteiger partial charge on any atom is -0.388 e. The Hall–Kier alpha value is -1.68. The van der Waals surface area contributed by atoms with Crippen LogP contribution >= 0.6 is 0 Å². The van der Waals surface area contributed by atoms with Gasteiger partial charge >= 0.3 is 0 Å². The van der Waals surface area contributed by atoms with Crippen molar-refractivity contribution in [2.75, 3.05) is 13.2 Å². The van der Waals surface area contributed by atoms with Gasteiger partial charge in [0, 0.05) is 12.3 Å². The van der Waals surface area contributed by atoms with E-state index in [1.165, 1.54) is 25.8 Å². The van der Waals surface area contributed by atoms with Crippen molar-refractivity contribution in [1.29, 1.82) is 0 Å². The minimum atomic E-state index is -1.70. The molecule has 26 atom stereocenters. The van der Waals surface area contributed by atoms with Crippen molar-refractivity contribution in [2.45, 2.75) is 216 Å². The van der Waals surface area contributed by atoms with Gasteiger partial charge in [0.1, 0.15) is 61.0 Å². The molecule has 0 aromatic heterocycles. The Kier molecular flexibility index (Phi) is 14.2. The molecule has 1 aromatic rings. The average Bonchev–Trinajstić information content (AvgIpc) is 3.77. The Balaban J connectivity index is 0.885. The first-order valence-corrected chi connectivity index (χ1v) is 25.7. The van der Waals surface area contributed by atoms with E-state index < -0.39 is 97.9 Å². The van der Waals surface area contributed by atoms with Crippen LogP contribution in [0.2, 0.25) is 0 Å².